The van der Waals surface area contributed by atoms with Crippen LogP contribution in [0, 0.1) is 0 Å². The third kappa shape index (κ3) is 4.62. The Labute approximate surface area is 119 Å². The van der Waals surface area contributed by atoms with Crippen molar-refractivity contribution in [3.8, 4) is 0 Å². The molecule has 1 aromatic rings. The summed E-state index contributed by atoms with van der Waals surface area (Å²) < 4.78 is 37.8. The van der Waals surface area contributed by atoms with Crippen LogP contribution >= 0.6 is 0 Å². The van der Waals surface area contributed by atoms with Crippen LogP contribution in [0.1, 0.15) is 22.5 Å². The Kier molecular flexibility index (Phi) is 5.12. The van der Waals surface area contributed by atoms with Crippen LogP contribution in [0.5, 0.6) is 0 Å². The zero-order valence-corrected chi connectivity index (χ0v) is 11.5. The monoisotopic (exact) mass is 304 g/mol. The van der Waals surface area contributed by atoms with Crippen molar-refractivity contribution in [2.24, 2.45) is 5.73 Å². The van der Waals surface area contributed by atoms with Gasteiger partial charge in [0.05, 0.1) is 5.56 Å². The van der Waals surface area contributed by atoms with E-state index in [1.165, 1.54) is 4.90 Å². The van der Waals surface area contributed by atoms with Crippen LogP contribution in [0.25, 0.3) is 0 Å². The molecule has 0 saturated heterocycles. The molecule has 116 valence electrons. The third-order valence-electron chi connectivity index (χ3n) is 2.58. The summed E-state index contributed by atoms with van der Waals surface area (Å²) in [6.07, 6.45) is -4.59. The molecule has 0 saturated carbocycles. The summed E-state index contributed by atoms with van der Waals surface area (Å²) in [6.45, 7) is 0.0333. The van der Waals surface area contributed by atoms with Crippen LogP contribution in [0.15, 0.2) is 12.1 Å². The maximum atomic E-state index is 12.6. The highest BCUT2D eigenvalue weighted by molar-refractivity contribution is 5.97. The number of nitrogens with two attached hydrogens (primary N) is 1. The number of primary amides is 1. The Morgan fingerprint density at radius 1 is 1.33 bits per heavy atom. The lowest BCUT2D eigenvalue weighted by Crippen LogP contribution is -2.25. The fraction of sp³-hybridized carbons (Fsp3) is 0.417. The summed E-state index contributed by atoms with van der Waals surface area (Å²) in [6, 6.07) is 1.63. The molecule has 0 bridgehead atoms. The second-order valence-corrected chi connectivity index (χ2v) is 4.42. The number of rotatable bonds is 5. The Morgan fingerprint density at radius 3 is 2.43 bits per heavy atom. The third-order valence-corrected chi connectivity index (χ3v) is 2.58. The van der Waals surface area contributed by atoms with E-state index >= 15 is 0 Å². The Balaban J connectivity index is 2.92. The van der Waals surface area contributed by atoms with Crippen molar-refractivity contribution < 1.29 is 22.8 Å². The van der Waals surface area contributed by atoms with Crippen LogP contribution in [-0.2, 0) is 11.0 Å². The van der Waals surface area contributed by atoms with Crippen molar-refractivity contribution in [3.63, 3.8) is 0 Å². The molecular weight excluding hydrogens is 289 g/mol. The minimum Gasteiger partial charge on any atom is -0.369 e. The smallest absolute Gasteiger partial charge is 0.369 e. The van der Waals surface area contributed by atoms with E-state index in [9.17, 15) is 22.8 Å². The fourth-order valence-corrected chi connectivity index (χ4v) is 1.46. The summed E-state index contributed by atoms with van der Waals surface area (Å²) in [7, 11) is 3.11. The first-order chi connectivity index (χ1) is 9.62. The molecule has 6 nitrogen and oxygen atoms in total. The van der Waals surface area contributed by atoms with Crippen LogP contribution < -0.4 is 11.1 Å². The Bertz CT molecular complexity index is 544. The number of nitrogens with zero attached hydrogens (tertiary/aromatic N) is 2. The van der Waals surface area contributed by atoms with Crippen LogP contribution in [-0.4, -0.2) is 42.3 Å². The van der Waals surface area contributed by atoms with Gasteiger partial charge in [0.2, 0.25) is 5.91 Å². The molecule has 1 heterocycles. The maximum absolute atomic E-state index is 12.6. The van der Waals surface area contributed by atoms with Gasteiger partial charge < -0.3 is 16.0 Å². The first-order valence-electron chi connectivity index (χ1n) is 5.95. The second-order valence-electron chi connectivity index (χ2n) is 4.42. The van der Waals surface area contributed by atoms with Gasteiger partial charge in [-0.1, -0.05) is 0 Å². The highest BCUT2D eigenvalue weighted by Crippen LogP contribution is 2.29. The van der Waals surface area contributed by atoms with Gasteiger partial charge in [0.1, 0.15) is 11.5 Å². The number of hydrogen-bond acceptors (Lipinski definition) is 4. The lowest BCUT2D eigenvalue weighted by Gasteiger charge is -2.14. The molecular formula is C12H15F3N4O2. The van der Waals surface area contributed by atoms with Crippen molar-refractivity contribution in [3.05, 3.63) is 23.4 Å². The molecule has 0 aromatic carbocycles. The van der Waals surface area contributed by atoms with Crippen LogP contribution in [0.3, 0.4) is 0 Å². The highest BCUT2D eigenvalue weighted by atomic mass is 19.4. The molecule has 1 aromatic heterocycles. The number of carbonyl (C=O) groups excluding carboxylic acids is 2. The topological polar surface area (TPSA) is 88.3 Å². The van der Waals surface area contributed by atoms with E-state index in [0.29, 0.717) is 6.07 Å². The van der Waals surface area contributed by atoms with E-state index in [-0.39, 0.29) is 30.3 Å². The second kappa shape index (κ2) is 6.42. The first-order valence-corrected chi connectivity index (χ1v) is 5.95. The van der Waals surface area contributed by atoms with Crippen LogP contribution in [0.4, 0.5) is 19.0 Å². The molecule has 0 atom stereocenters. The quantitative estimate of drug-likeness (QED) is 0.852. The number of nitrogens with one attached hydrogen (secondary N) is 1. The summed E-state index contributed by atoms with van der Waals surface area (Å²) >= 11 is 0. The fourth-order valence-electron chi connectivity index (χ4n) is 1.46. The molecule has 21 heavy (non-hydrogen) atoms. The Morgan fingerprint density at radius 2 is 1.95 bits per heavy atom. The zero-order chi connectivity index (χ0) is 16.2. The molecule has 0 aliphatic carbocycles. The normalized spacial score (nSPS) is 11.1. The molecule has 2 amide bonds. The lowest BCUT2D eigenvalue weighted by molar-refractivity contribution is -0.141. The average molecular weight is 304 g/mol. The molecule has 0 spiro atoms. The van der Waals surface area contributed by atoms with Gasteiger partial charge in [0.15, 0.2) is 0 Å². The maximum Gasteiger partial charge on any atom is 0.433 e. The molecule has 0 aliphatic rings. The summed E-state index contributed by atoms with van der Waals surface area (Å²) in [5.41, 5.74) is 3.77. The van der Waals surface area contributed by atoms with Crippen molar-refractivity contribution in [1.29, 1.82) is 0 Å². The number of pyridine rings is 1. The number of alkyl halides is 3. The molecule has 0 unspecified atom stereocenters. The molecule has 0 aliphatic heterocycles. The van der Waals surface area contributed by atoms with Gasteiger partial charge in [0.25, 0.3) is 5.91 Å². The van der Waals surface area contributed by atoms with Crippen molar-refractivity contribution in [1.82, 2.24) is 9.88 Å². The van der Waals surface area contributed by atoms with Gasteiger partial charge in [-0.3, -0.25) is 9.59 Å². The van der Waals surface area contributed by atoms with Gasteiger partial charge in [0, 0.05) is 27.1 Å². The number of aromatic nitrogens is 1. The SMILES string of the molecule is CN(C)C(=O)CCNc1nc(C(F)(F)F)ccc1C(N)=O. The molecule has 0 fully saturated rings. The number of amides is 2. The number of halogens is 3. The molecule has 3 N–H and O–H groups in total. The van der Waals surface area contributed by atoms with E-state index in [4.69, 9.17) is 5.73 Å². The zero-order valence-electron chi connectivity index (χ0n) is 11.5. The Hall–Kier alpha value is -2.32. The van der Waals surface area contributed by atoms with Gasteiger partial charge >= 0.3 is 6.18 Å². The number of hydrogen-bond donors (Lipinski definition) is 2. The van der Waals surface area contributed by atoms with Crippen molar-refractivity contribution >= 4 is 17.6 Å². The largest absolute Gasteiger partial charge is 0.433 e. The molecule has 0 radical (unpaired) electrons. The summed E-state index contributed by atoms with van der Waals surface area (Å²) in [4.78, 5) is 27.2. The van der Waals surface area contributed by atoms with Gasteiger partial charge in [-0.25, -0.2) is 4.98 Å². The molecule has 9 heteroatoms. The van der Waals surface area contributed by atoms with Gasteiger partial charge in [-0.15, -0.1) is 0 Å². The summed E-state index contributed by atoms with van der Waals surface area (Å²) in [5.74, 6) is -1.41. The highest BCUT2D eigenvalue weighted by Gasteiger charge is 2.33. The van der Waals surface area contributed by atoms with E-state index in [1.807, 2.05) is 0 Å². The standard InChI is InChI=1S/C12H15F3N4O2/c1-19(2)9(20)5-6-17-11-7(10(16)21)3-4-8(18-11)12(13,14)15/h3-4H,5-6H2,1-2H3,(H2,16,21)(H,17,18). The van der Waals surface area contributed by atoms with Crippen molar-refractivity contribution in [2.45, 2.75) is 12.6 Å². The van der Waals surface area contributed by atoms with E-state index < -0.39 is 17.8 Å². The average Bonchev–Trinajstić information content (AvgIpc) is 2.36. The van der Waals surface area contributed by atoms with Gasteiger partial charge in [-0.05, 0) is 12.1 Å². The van der Waals surface area contributed by atoms with Crippen molar-refractivity contribution in [2.75, 3.05) is 26.0 Å². The number of anilines is 1. The number of carbonyl (C=O) groups is 2. The van der Waals surface area contributed by atoms with E-state index in [0.717, 1.165) is 6.07 Å². The predicted octanol–water partition coefficient (Wildman–Crippen LogP) is 1.09. The minimum absolute atomic E-state index is 0.0333. The lowest BCUT2D eigenvalue weighted by atomic mass is 10.2. The summed E-state index contributed by atoms with van der Waals surface area (Å²) in [5, 5.41) is 2.53. The predicted molar refractivity (Wildman–Crippen MR) is 69.6 cm³/mol. The first kappa shape index (κ1) is 16.7. The van der Waals surface area contributed by atoms with Crippen LogP contribution in [0.2, 0.25) is 0 Å². The van der Waals surface area contributed by atoms with E-state index in [1.54, 1.807) is 14.1 Å². The molecule has 1 rings (SSSR count). The minimum atomic E-state index is -4.63. The van der Waals surface area contributed by atoms with Gasteiger partial charge in [-0.2, -0.15) is 13.2 Å². The van der Waals surface area contributed by atoms with E-state index in [2.05, 4.69) is 10.3 Å².